The summed E-state index contributed by atoms with van der Waals surface area (Å²) in [5, 5.41) is 9.37. The predicted octanol–water partition coefficient (Wildman–Crippen LogP) is 6.27. The number of para-hydroxylation sites is 1. The summed E-state index contributed by atoms with van der Waals surface area (Å²) in [5.74, 6) is 1.16. The van der Waals surface area contributed by atoms with Crippen LogP contribution in [-0.2, 0) is 13.0 Å². The molecule has 0 saturated heterocycles. The molecule has 0 aliphatic heterocycles. The highest BCUT2D eigenvalue weighted by Crippen LogP contribution is 2.26. The molecule has 1 aromatic heterocycles. The van der Waals surface area contributed by atoms with Gasteiger partial charge in [0.25, 0.3) is 0 Å². The maximum atomic E-state index is 9.37. The van der Waals surface area contributed by atoms with Gasteiger partial charge in [-0.05, 0) is 47.7 Å². The van der Waals surface area contributed by atoms with E-state index in [-0.39, 0.29) is 0 Å². The second-order valence-electron chi connectivity index (χ2n) is 7.51. The van der Waals surface area contributed by atoms with Gasteiger partial charge in [0, 0.05) is 13.0 Å². The van der Waals surface area contributed by atoms with Gasteiger partial charge in [-0.1, -0.05) is 67.9 Å². The zero-order valence-corrected chi connectivity index (χ0v) is 17.0. The van der Waals surface area contributed by atoms with E-state index >= 15 is 0 Å². The molecule has 144 valence electrons. The van der Waals surface area contributed by atoms with E-state index < -0.39 is 0 Å². The number of nitrogens with zero attached hydrogens (tertiary/aromatic N) is 3. The Bertz CT molecular complexity index is 1180. The highest BCUT2D eigenvalue weighted by atomic mass is 15.1. The summed E-state index contributed by atoms with van der Waals surface area (Å²) in [6.45, 7) is 5.18. The van der Waals surface area contributed by atoms with Crippen molar-refractivity contribution in [2.24, 2.45) is 0 Å². The van der Waals surface area contributed by atoms with E-state index in [1.54, 1.807) is 0 Å². The van der Waals surface area contributed by atoms with E-state index in [9.17, 15) is 5.26 Å². The number of imidazole rings is 1. The Balaban J connectivity index is 1.69. The third kappa shape index (κ3) is 3.79. The lowest BCUT2D eigenvalue weighted by atomic mass is 9.99. The third-order valence-electron chi connectivity index (χ3n) is 5.45. The zero-order chi connectivity index (χ0) is 20.2. The van der Waals surface area contributed by atoms with Crippen LogP contribution >= 0.6 is 0 Å². The summed E-state index contributed by atoms with van der Waals surface area (Å²) in [6.07, 6.45) is 3.31. The quantitative estimate of drug-likeness (QED) is 0.396. The van der Waals surface area contributed by atoms with Crippen molar-refractivity contribution in [3.8, 4) is 17.2 Å². The lowest BCUT2D eigenvalue weighted by Gasteiger charge is -2.12. The molecule has 3 aromatic carbocycles. The second kappa shape index (κ2) is 8.32. The summed E-state index contributed by atoms with van der Waals surface area (Å²) in [4.78, 5) is 4.92. The van der Waals surface area contributed by atoms with Gasteiger partial charge in [0.2, 0.25) is 0 Å². The van der Waals surface area contributed by atoms with Gasteiger partial charge in [-0.2, -0.15) is 5.26 Å². The second-order valence-corrected chi connectivity index (χ2v) is 7.51. The molecule has 0 unspecified atom stereocenters. The fourth-order valence-corrected chi connectivity index (χ4v) is 3.91. The van der Waals surface area contributed by atoms with Crippen molar-refractivity contribution in [2.45, 2.75) is 39.7 Å². The van der Waals surface area contributed by atoms with E-state index in [1.807, 2.05) is 24.3 Å². The van der Waals surface area contributed by atoms with E-state index in [0.29, 0.717) is 5.56 Å². The molecule has 0 fully saturated rings. The SMILES string of the molecule is CCCCc1nc2cccc(C)c2n1Cc1ccc(-c2ccccc2C#N)cc1. The predicted molar refractivity (Wildman–Crippen MR) is 119 cm³/mol. The summed E-state index contributed by atoms with van der Waals surface area (Å²) >= 11 is 0. The minimum Gasteiger partial charge on any atom is -0.323 e. The molecular weight excluding hydrogens is 354 g/mol. The lowest BCUT2D eigenvalue weighted by molar-refractivity contribution is 0.689. The minimum atomic E-state index is 0.707. The van der Waals surface area contributed by atoms with Crippen LogP contribution in [0.15, 0.2) is 66.7 Å². The van der Waals surface area contributed by atoms with E-state index in [0.717, 1.165) is 48.3 Å². The van der Waals surface area contributed by atoms with Gasteiger partial charge < -0.3 is 4.57 Å². The molecule has 0 spiro atoms. The van der Waals surface area contributed by atoms with Gasteiger partial charge in [-0.25, -0.2) is 4.98 Å². The fraction of sp³-hybridized carbons (Fsp3) is 0.231. The molecule has 0 atom stereocenters. The standard InChI is InChI=1S/C26H25N3/c1-3-4-12-25-28-24-11-7-8-19(2)26(24)29(25)18-20-13-15-21(16-14-20)23-10-6-5-9-22(23)17-27/h5-11,13-16H,3-4,12,18H2,1-2H3. The van der Waals surface area contributed by atoms with Crippen LogP contribution in [-0.4, -0.2) is 9.55 Å². The van der Waals surface area contributed by atoms with Crippen LogP contribution in [0.3, 0.4) is 0 Å². The average molecular weight is 380 g/mol. The summed E-state index contributed by atoms with van der Waals surface area (Å²) in [7, 11) is 0. The monoisotopic (exact) mass is 379 g/mol. The molecule has 0 aliphatic carbocycles. The fourth-order valence-electron chi connectivity index (χ4n) is 3.91. The Hall–Kier alpha value is -3.38. The highest BCUT2D eigenvalue weighted by Gasteiger charge is 2.13. The molecule has 1 heterocycles. The largest absolute Gasteiger partial charge is 0.323 e. The van der Waals surface area contributed by atoms with E-state index in [1.165, 1.54) is 16.6 Å². The molecule has 0 N–H and O–H groups in total. The molecule has 0 aliphatic rings. The Kier molecular flexibility index (Phi) is 5.44. The first-order chi connectivity index (χ1) is 14.2. The Labute approximate surface area is 172 Å². The number of benzene rings is 3. The Morgan fingerprint density at radius 2 is 1.76 bits per heavy atom. The normalized spacial score (nSPS) is 10.9. The number of aromatic nitrogens is 2. The molecule has 29 heavy (non-hydrogen) atoms. The van der Waals surface area contributed by atoms with E-state index in [4.69, 9.17) is 4.98 Å². The van der Waals surface area contributed by atoms with Gasteiger partial charge >= 0.3 is 0 Å². The van der Waals surface area contributed by atoms with Gasteiger partial charge in [0.15, 0.2) is 0 Å². The summed E-state index contributed by atoms with van der Waals surface area (Å²) < 4.78 is 2.37. The van der Waals surface area contributed by atoms with Gasteiger partial charge in [0.1, 0.15) is 5.82 Å². The molecule has 0 amide bonds. The van der Waals surface area contributed by atoms with Crippen LogP contribution in [0.4, 0.5) is 0 Å². The lowest BCUT2D eigenvalue weighted by Crippen LogP contribution is -2.06. The topological polar surface area (TPSA) is 41.6 Å². The minimum absolute atomic E-state index is 0.707. The zero-order valence-electron chi connectivity index (χ0n) is 17.0. The van der Waals surface area contributed by atoms with Crippen LogP contribution in [0, 0.1) is 18.3 Å². The van der Waals surface area contributed by atoms with Crippen LogP contribution in [0.1, 0.15) is 42.3 Å². The van der Waals surface area contributed by atoms with Crippen LogP contribution < -0.4 is 0 Å². The summed E-state index contributed by atoms with van der Waals surface area (Å²) in [5.41, 5.74) is 7.57. The maximum absolute atomic E-state index is 9.37. The number of unbranched alkanes of at least 4 members (excludes halogenated alkanes) is 1. The van der Waals surface area contributed by atoms with Crippen LogP contribution in [0.5, 0.6) is 0 Å². The van der Waals surface area contributed by atoms with Crippen molar-refractivity contribution in [3.63, 3.8) is 0 Å². The molecule has 3 heteroatoms. The molecule has 4 aromatic rings. The van der Waals surface area contributed by atoms with Gasteiger partial charge in [-0.3, -0.25) is 0 Å². The molecule has 0 saturated carbocycles. The number of rotatable bonds is 6. The first-order valence-electron chi connectivity index (χ1n) is 10.2. The molecule has 4 rings (SSSR count). The number of hydrogen-bond donors (Lipinski definition) is 0. The van der Waals surface area contributed by atoms with Gasteiger partial charge in [-0.15, -0.1) is 0 Å². The average Bonchev–Trinajstić information content (AvgIpc) is 3.11. The van der Waals surface area contributed by atoms with Crippen molar-refractivity contribution in [1.29, 1.82) is 5.26 Å². The molecule has 0 radical (unpaired) electrons. The molecular formula is C26H25N3. The maximum Gasteiger partial charge on any atom is 0.110 e. The van der Waals surface area contributed by atoms with Crippen LogP contribution in [0.2, 0.25) is 0 Å². The number of fused-ring (bicyclic) bond motifs is 1. The molecule has 0 bridgehead atoms. The van der Waals surface area contributed by atoms with E-state index in [2.05, 4.69) is 66.9 Å². The van der Waals surface area contributed by atoms with Crippen molar-refractivity contribution in [1.82, 2.24) is 9.55 Å². The van der Waals surface area contributed by atoms with Gasteiger partial charge in [0.05, 0.1) is 22.7 Å². The number of hydrogen-bond acceptors (Lipinski definition) is 2. The highest BCUT2D eigenvalue weighted by molar-refractivity contribution is 5.79. The number of nitriles is 1. The number of aryl methyl sites for hydroxylation is 2. The van der Waals surface area contributed by atoms with Crippen LogP contribution in [0.25, 0.3) is 22.2 Å². The Morgan fingerprint density at radius 1 is 0.966 bits per heavy atom. The van der Waals surface area contributed by atoms with Crippen molar-refractivity contribution in [2.75, 3.05) is 0 Å². The van der Waals surface area contributed by atoms with Crippen molar-refractivity contribution >= 4 is 11.0 Å². The Morgan fingerprint density at radius 3 is 2.52 bits per heavy atom. The smallest absolute Gasteiger partial charge is 0.110 e. The van der Waals surface area contributed by atoms with Crippen molar-refractivity contribution in [3.05, 3.63) is 89.2 Å². The first kappa shape index (κ1) is 19.0. The first-order valence-corrected chi connectivity index (χ1v) is 10.2. The molecule has 3 nitrogen and oxygen atoms in total. The van der Waals surface area contributed by atoms with Crippen molar-refractivity contribution < 1.29 is 0 Å². The summed E-state index contributed by atoms with van der Waals surface area (Å²) in [6, 6.07) is 24.9. The third-order valence-corrected chi connectivity index (χ3v) is 5.45.